The summed E-state index contributed by atoms with van der Waals surface area (Å²) in [5.41, 5.74) is 0. The van der Waals surface area contributed by atoms with Crippen LogP contribution in [0.5, 0.6) is 0 Å². The second kappa shape index (κ2) is 7.33. The van der Waals surface area contributed by atoms with Crippen LogP contribution in [-0.4, -0.2) is 56.1 Å². The topological polar surface area (TPSA) is 73.5 Å². The second-order valence-corrected chi connectivity index (χ2v) is 4.90. The minimum absolute atomic E-state index is 0.285. The summed E-state index contributed by atoms with van der Waals surface area (Å²) in [4.78, 5) is 25.1. The number of urea groups is 1. The third-order valence-electron chi connectivity index (χ3n) is 3.17. The van der Waals surface area contributed by atoms with Crippen LogP contribution in [0.4, 0.5) is 4.79 Å². The lowest BCUT2D eigenvalue weighted by molar-refractivity contribution is -0.121. The number of amides is 3. The van der Waals surface area contributed by atoms with Gasteiger partial charge >= 0.3 is 6.03 Å². The molecule has 0 aromatic carbocycles. The molecule has 2 atom stereocenters. The van der Waals surface area contributed by atoms with Crippen molar-refractivity contribution in [2.24, 2.45) is 5.92 Å². The van der Waals surface area contributed by atoms with Gasteiger partial charge in [-0.05, 0) is 46.3 Å². The maximum atomic E-state index is 11.7. The Balaban J connectivity index is 2.21. The molecule has 0 aromatic rings. The van der Waals surface area contributed by atoms with Gasteiger partial charge in [0, 0.05) is 13.1 Å². The summed E-state index contributed by atoms with van der Waals surface area (Å²) in [7, 11) is 2.10. The molecule has 0 aliphatic carbocycles. The first kappa shape index (κ1) is 14.9. The highest BCUT2D eigenvalue weighted by atomic mass is 16.2. The van der Waals surface area contributed by atoms with Crippen LogP contribution in [0, 0.1) is 5.92 Å². The molecule has 1 saturated heterocycles. The van der Waals surface area contributed by atoms with E-state index in [0.717, 1.165) is 26.1 Å². The molecule has 3 N–H and O–H groups in total. The number of hydrogen-bond donors (Lipinski definition) is 3. The number of rotatable bonds is 5. The fourth-order valence-electron chi connectivity index (χ4n) is 2.05. The number of nitrogens with one attached hydrogen (secondary N) is 3. The zero-order chi connectivity index (χ0) is 13.5. The van der Waals surface area contributed by atoms with Crippen LogP contribution in [-0.2, 0) is 4.79 Å². The van der Waals surface area contributed by atoms with Crippen molar-refractivity contribution in [1.82, 2.24) is 20.9 Å². The van der Waals surface area contributed by atoms with E-state index in [0.29, 0.717) is 12.5 Å². The molecule has 2 unspecified atom stereocenters. The minimum atomic E-state index is -0.434. The molecule has 1 aliphatic heterocycles. The van der Waals surface area contributed by atoms with Crippen LogP contribution in [0.2, 0.25) is 0 Å². The highest BCUT2D eigenvalue weighted by molar-refractivity contribution is 5.96. The first-order valence-corrected chi connectivity index (χ1v) is 6.53. The molecule has 104 valence electrons. The van der Waals surface area contributed by atoms with Crippen LogP contribution in [0.1, 0.15) is 20.3 Å². The van der Waals surface area contributed by atoms with E-state index in [2.05, 4.69) is 27.9 Å². The molecule has 3 amide bonds. The normalized spacial score (nSPS) is 21.6. The molecule has 0 aromatic heterocycles. The van der Waals surface area contributed by atoms with Crippen molar-refractivity contribution >= 4 is 11.9 Å². The van der Waals surface area contributed by atoms with E-state index in [1.807, 2.05) is 6.92 Å². The van der Waals surface area contributed by atoms with E-state index in [1.54, 1.807) is 6.92 Å². The van der Waals surface area contributed by atoms with E-state index in [1.165, 1.54) is 0 Å². The fraction of sp³-hybridized carbons (Fsp3) is 0.833. The largest absolute Gasteiger partial charge is 0.338 e. The fourth-order valence-corrected chi connectivity index (χ4v) is 2.05. The quantitative estimate of drug-likeness (QED) is 0.635. The lowest BCUT2D eigenvalue weighted by atomic mass is 10.1. The van der Waals surface area contributed by atoms with Crippen molar-refractivity contribution in [1.29, 1.82) is 0 Å². The standard InChI is InChI=1S/C12H24N4O2/c1-4-13-12(18)15-11(17)9(2)14-7-10-5-6-16(3)8-10/h9-10,14H,4-8H2,1-3H3,(H2,13,15,17,18). The SMILES string of the molecule is CCNC(=O)NC(=O)C(C)NCC1CCN(C)C1. The Bertz CT molecular complexity index is 296. The van der Waals surface area contributed by atoms with Gasteiger partial charge in [0.1, 0.15) is 0 Å². The number of imide groups is 1. The maximum Gasteiger partial charge on any atom is 0.321 e. The summed E-state index contributed by atoms with van der Waals surface area (Å²) in [6, 6.07) is -0.782. The predicted molar refractivity (Wildman–Crippen MR) is 70.3 cm³/mol. The summed E-state index contributed by atoms with van der Waals surface area (Å²) >= 11 is 0. The number of likely N-dealkylation sites (tertiary alicyclic amines) is 1. The molecule has 1 rings (SSSR count). The smallest absolute Gasteiger partial charge is 0.321 e. The Hall–Kier alpha value is -1.14. The average Bonchev–Trinajstić information content (AvgIpc) is 2.72. The van der Waals surface area contributed by atoms with Gasteiger partial charge in [0.25, 0.3) is 0 Å². The van der Waals surface area contributed by atoms with Gasteiger partial charge < -0.3 is 15.5 Å². The molecule has 18 heavy (non-hydrogen) atoms. The monoisotopic (exact) mass is 256 g/mol. The first-order chi connectivity index (χ1) is 8.52. The first-order valence-electron chi connectivity index (χ1n) is 6.53. The minimum Gasteiger partial charge on any atom is -0.338 e. The summed E-state index contributed by atoms with van der Waals surface area (Å²) in [5.74, 6) is 0.307. The van der Waals surface area contributed by atoms with Gasteiger partial charge in [0.2, 0.25) is 5.91 Å². The summed E-state index contributed by atoms with van der Waals surface area (Å²) in [6.07, 6.45) is 1.16. The van der Waals surface area contributed by atoms with Gasteiger partial charge in [-0.25, -0.2) is 4.79 Å². The number of hydrogen-bond acceptors (Lipinski definition) is 4. The Morgan fingerprint density at radius 3 is 2.72 bits per heavy atom. The summed E-state index contributed by atoms with van der Waals surface area (Å²) < 4.78 is 0. The average molecular weight is 256 g/mol. The Kier molecular flexibility index (Phi) is 6.07. The highest BCUT2D eigenvalue weighted by Crippen LogP contribution is 2.12. The molecule has 1 aliphatic rings. The van der Waals surface area contributed by atoms with E-state index in [9.17, 15) is 9.59 Å². The molecular formula is C12H24N4O2. The van der Waals surface area contributed by atoms with Crippen molar-refractivity contribution in [2.45, 2.75) is 26.3 Å². The zero-order valence-electron chi connectivity index (χ0n) is 11.5. The predicted octanol–water partition coefficient (Wildman–Crippen LogP) is -0.238. The number of carbonyl (C=O) groups is 2. The number of nitrogens with zero attached hydrogens (tertiary/aromatic N) is 1. The Morgan fingerprint density at radius 2 is 2.17 bits per heavy atom. The lowest BCUT2D eigenvalue weighted by Gasteiger charge is -2.16. The molecular weight excluding hydrogens is 232 g/mol. The van der Waals surface area contributed by atoms with Gasteiger partial charge in [0.15, 0.2) is 0 Å². The van der Waals surface area contributed by atoms with Crippen LogP contribution >= 0.6 is 0 Å². The zero-order valence-corrected chi connectivity index (χ0v) is 11.5. The highest BCUT2D eigenvalue weighted by Gasteiger charge is 2.21. The van der Waals surface area contributed by atoms with E-state index in [4.69, 9.17) is 0 Å². The molecule has 1 fully saturated rings. The molecule has 1 heterocycles. The van der Waals surface area contributed by atoms with E-state index in [-0.39, 0.29) is 11.9 Å². The molecule has 0 bridgehead atoms. The number of carbonyl (C=O) groups excluding carboxylic acids is 2. The third-order valence-corrected chi connectivity index (χ3v) is 3.17. The molecule has 6 nitrogen and oxygen atoms in total. The van der Waals surface area contributed by atoms with Crippen molar-refractivity contribution in [3.8, 4) is 0 Å². The van der Waals surface area contributed by atoms with Crippen molar-refractivity contribution < 1.29 is 9.59 Å². The van der Waals surface area contributed by atoms with Gasteiger partial charge in [0.05, 0.1) is 6.04 Å². The summed E-state index contributed by atoms with van der Waals surface area (Å²) in [6.45, 7) is 7.09. The van der Waals surface area contributed by atoms with Crippen molar-refractivity contribution in [3.05, 3.63) is 0 Å². The molecule has 0 saturated carbocycles. The maximum absolute atomic E-state index is 11.7. The molecule has 0 radical (unpaired) electrons. The van der Waals surface area contributed by atoms with Gasteiger partial charge in [-0.15, -0.1) is 0 Å². The third kappa shape index (κ3) is 5.01. The Labute approximate surface area is 108 Å². The van der Waals surface area contributed by atoms with Gasteiger partial charge in [-0.1, -0.05) is 0 Å². The van der Waals surface area contributed by atoms with Crippen molar-refractivity contribution in [3.63, 3.8) is 0 Å². The summed E-state index contributed by atoms with van der Waals surface area (Å²) in [5, 5.41) is 8.01. The molecule has 6 heteroatoms. The van der Waals surface area contributed by atoms with Crippen molar-refractivity contribution in [2.75, 3.05) is 33.2 Å². The van der Waals surface area contributed by atoms with E-state index < -0.39 is 6.03 Å². The van der Waals surface area contributed by atoms with Crippen LogP contribution < -0.4 is 16.0 Å². The van der Waals surface area contributed by atoms with Crippen LogP contribution in [0.15, 0.2) is 0 Å². The van der Waals surface area contributed by atoms with E-state index >= 15 is 0 Å². The second-order valence-electron chi connectivity index (χ2n) is 4.90. The molecule has 0 spiro atoms. The lowest BCUT2D eigenvalue weighted by Crippen LogP contribution is -2.48. The van der Waals surface area contributed by atoms with Gasteiger partial charge in [-0.2, -0.15) is 0 Å². The van der Waals surface area contributed by atoms with Gasteiger partial charge in [-0.3, -0.25) is 10.1 Å². The Morgan fingerprint density at radius 1 is 1.44 bits per heavy atom. The van der Waals surface area contributed by atoms with Crippen LogP contribution in [0.3, 0.4) is 0 Å². The van der Waals surface area contributed by atoms with Crippen LogP contribution in [0.25, 0.3) is 0 Å².